The molecule has 4 nitrogen and oxygen atoms in total. The summed E-state index contributed by atoms with van der Waals surface area (Å²) in [5.41, 5.74) is 2.01. The molecule has 0 radical (unpaired) electrons. The van der Waals surface area contributed by atoms with Crippen molar-refractivity contribution in [2.24, 2.45) is 0 Å². The second-order valence-corrected chi connectivity index (χ2v) is 4.30. The number of fused-ring (bicyclic) bond motifs is 1. The predicted molar refractivity (Wildman–Crippen MR) is 63.1 cm³/mol. The van der Waals surface area contributed by atoms with E-state index in [0.29, 0.717) is 0 Å². The maximum atomic E-state index is 9.74. The van der Waals surface area contributed by atoms with E-state index in [0.717, 1.165) is 29.7 Å². The van der Waals surface area contributed by atoms with Crippen molar-refractivity contribution in [1.82, 2.24) is 0 Å². The average molecular weight is 238 g/mol. The minimum Gasteiger partial charge on any atom is -0.491 e. The minimum atomic E-state index is -0.623. The van der Waals surface area contributed by atoms with E-state index in [1.54, 1.807) is 7.11 Å². The fourth-order valence-electron chi connectivity index (χ4n) is 2.16. The summed E-state index contributed by atoms with van der Waals surface area (Å²) < 4.78 is 10.4. The molecule has 1 aromatic rings. The smallest absolute Gasteiger partial charge is 0.122 e. The highest BCUT2D eigenvalue weighted by molar-refractivity contribution is 5.44. The first kappa shape index (κ1) is 12.4. The molecule has 0 heterocycles. The lowest BCUT2D eigenvalue weighted by Crippen LogP contribution is -2.22. The molecule has 2 N–H and O–H groups in total. The third-order valence-electron chi connectivity index (χ3n) is 2.99. The van der Waals surface area contributed by atoms with Gasteiger partial charge >= 0.3 is 0 Å². The molecule has 0 amide bonds. The van der Waals surface area contributed by atoms with Crippen molar-refractivity contribution in [3.05, 3.63) is 29.3 Å². The van der Waals surface area contributed by atoms with Crippen LogP contribution in [0.4, 0.5) is 0 Å². The minimum absolute atomic E-state index is 0.209. The predicted octanol–water partition coefficient (Wildman–Crippen LogP) is 1.05. The Morgan fingerprint density at radius 2 is 2.24 bits per heavy atom. The van der Waals surface area contributed by atoms with Gasteiger partial charge in [0.2, 0.25) is 0 Å². The van der Waals surface area contributed by atoms with Gasteiger partial charge in [0.25, 0.3) is 0 Å². The van der Waals surface area contributed by atoms with Crippen LogP contribution >= 0.6 is 0 Å². The van der Waals surface area contributed by atoms with Crippen LogP contribution in [0.5, 0.6) is 5.75 Å². The summed E-state index contributed by atoms with van der Waals surface area (Å²) in [4.78, 5) is 0. The molecule has 1 aromatic carbocycles. The van der Waals surface area contributed by atoms with Gasteiger partial charge in [0.05, 0.1) is 12.7 Å². The molecule has 0 bridgehead atoms. The molecule has 2 unspecified atom stereocenters. The topological polar surface area (TPSA) is 58.9 Å². The van der Waals surface area contributed by atoms with E-state index >= 15 is 0 Å². The van der Waals surface area contributed by atoms with Crippen LogP contribution in [0.1, 0.15) is 23.7 Å². The molecule has 0 aromatic heterocycles. The first-order valence-electron chi connectivity index (χ1n) is 5.82. The molecule has 0 spiro atoms. The lowest BCUT2D eigenvalue weighted by atomic mass is 10.1. The molecular formula is C13H18O4. The van der Waals surface area contributed by atoms with Crippen LogP contribution in [-0.2, 0) is 11.2 Å². The van der Waals surface area contributed by atoms with Crippen molar-refractivity contribution >= 4 is 0 Å². The average Bonchev–Trinajstić information content (AvgIpc) is 2.70. The number of methoxy groups -OCH3 is 1. The van der Waals surface area contributed by atoms with Crippen LogP contribution < -0.4 is 4.74 Å². The number of benzene rings is 1. The monoisotopic (exact) mass is 238 g/mol. The Kier molecular flexibility index (Phi) is 3.99. The second-order valence-electron chi connectivity index (χ2n) is 4.30. The Morgan fingerprint density at radius 3 is 3.00 bits per heavy atom. The molecule has 1 aliphatic carbocycles. The highest BCUT2D eigenvalue weighted by Gasteiger charge is 2.23. The molecule has 0 aliphatic heterocycles. The van der Waals surface area contributed by atoms with Gasteiger partial charge in [0.1, 0.15) is 18.5 Å². The summed E-state index contributed by atoms with van der Waals surface area (Å²) in [6.07, 6.45) is 0.572. The van der Waals surface area contributed by atoms with Gasteiger partial charge in [0.15, 0.2) is 0 Å². The largest absolute Gasteiger partial charge is 0.491 e. The van der Waals surface area contributed by atoms with Crippen LogP contribution in [0.15, 0.2) is 18.2 Å². The standard InChI is InChI=1S/C13H18O4/c1-16-7-9(14)8-17-13-4-2-3-10-11(13)5-6-12(10)15/h2-4,9,12,14-15H,5-8H2,1H3. The van der Waals surface area contributed by atoms with Gasteiger partial charge < -0.3 is 19.7 Å². The van der Waals surface area contributed by atoms with Crippen LogP contribution in [0, 0.1) is 0 Å². The van der Waals surface area contributed by atoms with Gasteiger partial charge in [-0.2, -0.15) is 0 Å². The van der Waals surface area contributed by atoms with E-state index in [4.69, 9.17) is 9.47 Å². The zero-order chi connectivity index (χ0) is 12.3. The molecule has 0 fully saturated rings. The molecule has 0 saturated carbocycles. The van der Waals surface area contributed by atoms with E-state index < -0.39 is 6.10 Å². The van der Waals surface area contributed by atoms with E-state index in [2.05, 4.69) is 0 Å². The molecule has 4 heteroatoms. The maximum Gasteiger partial charge on any atom is 0.122 e. The van der Waals surface area contributed by atoms with E-state index in [9.17, 15) is 10.2 Å². The van der Waals surface area contributed by atoms with Crippen molar-refractivity contribution < 1.29 is 19.7 Å². The van der Waals surface area contributed by atoms with Gasteiger partial charge in [-0.05, 0) is 24.5 Å². The quantitative estimate of drug-likeness (QED) is 0.805. The SMILES string of the molecule is COCC(O)COc1cccc2c1CCC2O. The summed E-state index contributed by atoms with van der Waals surface area (Å²) in [6, 6.07) is 5.66. The molecule has 17 heavy (non-hydrogen) atoms. The Balaban J connectivity index is 2.02. The van der Waals surface area contributed by atoms with Crippen molar-refractivity contribution in [1.29, 1.82) is 0 Å². The molecule has 1 aliphatic rings. The van der Waals surface area contributed by atoms with E-state index in [1.165, 1.54) is 0 Å². The van der Waals surface area contributed by atoms with Crippen molar-refractivity contribution in [2.45, 2.75) is 25.0 Å². The number of rotatable bonds is 5. The summed E-state index contributed by atoms with van der Waals surface area (Å²) in [7, 11) is 1.54. The molecule has 0 saturated heterocycles. The zero-order valence-electron chi connectivity index (χ0n) is 9.93. The fourth-order valence-corrected chi connectivity index (χ4v) is 2.16. The third-order valence-corrected chi connectivity index (χ3v) is 2.99. The normalized spacial score (nSPS) is 20.1. The van der Waals surface area contributed by atoms with Gasteiger partial charge in [-0.3, -0.25) is 0 Å². The number of hydrogen-bond donors (Lipinski definition) is 2. The Bertz CT molecular complexity index is 378. The number of ether oxygens (including phenoxy) is 2. The van der Waals surface area contributed by atoms with Gasteiger partial charge in [-0.25, -0.2) is 0 Å². The lowest BCUT2D eigenvalue weighted by Gasteiger charge is -2.14. The van der Waals surface area contributed by atoms with E-state index in [-0.39, 0.29) is 19.3 Å². The van der Waals surface area contributed by atoms with Crippen LogP contribution in [0.25, 0.3) is 0 Å². The van der Waals surface area contributed by atoms with Gasteiger partial charge in [-0.1, -0.05) is 12.1 Å². The summed E-state index contributed by atoms with van der Waals surface area (Å²) >= 11 is 0. The summed E-state index contributed by atoms with van der Waals surface area (Å²) in [5, 5.41) is 19.3. The summed E-state index contributed by atoms with van der Waals surface area (Å²) in [6.45, 7) is 0.470. The summed E-state index contributed by atoms with van der Waals surface area (Å²) in [5.74, 6) is 0.759. The maximum absolute atomic E-state index is 9.74. The molecule has 2 atom stereocenters. The Morgan fingerprint density at radius 1 is 1.41 bits per heavy atom. The number of hydrogen-bond acceptors (Lipinski definition) is 4. The number of aliphatic hydroxyl groups excluding tert-OH is 2. The first-order valence-corrected chi connectivity index (χ1v) is 5.82. The highest BCUT2D eigenvalue weighted by Crippen LogP contribution is 2.36. The molecular weight excluding hydrogens is 220 g/mol. The second kappa shape index (κ2) is 5.49. The van der Waals surface area contributed by atoms with E-state index in [1.807, 2.05) is 18.2 Å². The first-order chi connectivity index (χ1) is 8.22. The van der Waals surface area contributed by atoms with Crippen molar-refractivity contribution in [3.8, 4) is 5.75 Å². The third kappa shape index (κ3) is 2.77. The van der Waals surface area contributed by atoms with Gasteiger partial charge in [-0.15, -0.1) is 0 Å². The molecule has 2 rings (SSSR count). The lowest BCUT2D eigenvalue weighted by molar-refractivity contribution is 0.0323. The van der Waals surface area contributed by atoms with Crippen LogP contribution in [0.3, 0.4) is 0 Å². The fraction of sp³-hybridized carbons (Fsp3) is 0.538. The molecule has 94 valence electrons. The Hall–Kier alpha value is -1.10. The zero-order valence-corrected chi connectivity index (χ0v) is 9.93. The van der Waals surface area contributed by atoms with Crippen LogP contribution in [0.2, 0.25) is 0 Å². The number of aliphatic hydroxyl groups is 2. The Labute approximate surface area is 101 Å². The highest BCUT2D eigenvalue weighted by atomic mass is 16.5. The van der Waals surface area contributed by atoms with Crippen molar-refractivity contribution in [2.75, 3.05) is 20.3 Å². The van der Waals surface area contributed by atoms with Crippen LogP contribution in [-0.4, -0.2) is 36.6 Å². The van der Waals surface area contributed by atoms with Gasteiger partial charge in [0, 0.05) is 12.7 Å². The van der Waals surface area contributed by atoms with Crippen molar-refractivity contribution in [3.63, 3.8) is 0 Å².